The summed E-state index contributed by atoms with van der Waals surface area (Å²) in [5, 5.41) is 17.5. The number of aryl methyl sites for hydroxylation is 1. The van der Waals surface area contributed by atoms with E-state index in [9.17, 15) is 14.7 Å². The Kier molecular flexibility index (Phi) is 6.85. The van der Waals surface area contributed by atoms with Crippen LogP contribution in [0.3, 0.4) is 0 Å². The van der Waals surface area contributed by atoms with Gasteiger partial charge in [0, 0.05) is 12.6 Å². The van der Waals surface area contributed by atoms with E-state index in [1.54, 1.807) is 13.0 Å². The highest BCUT2D eigenvalue weighted by molar-refractivity contribution is 5.75. The van der Waals surface area contributed by atoms with Crippen molar-refractivity contribution in [2.24, 2.45) is 5.41 Å². The smallest absolute Gasteiger partial charge is 0.267 e. The van der Waals surface area contributed by atoms with E-state index in [1.807, 2.05) is 18.2 Å². The van der Waals surface area contributed by atoms with E-state index in [0.29, 0.717) is 12.2 Å². The highest BCUT2D eigenvalue weighted by Crippen LogP contribution is 2.40. The summed E-state index contributed by atoms with van der Waals surface area (Å²) in [4.78, 5) is 24.4. The summed E-state index contributed by atoms with van der Waals surface area (Å²) < 4.78 is 1.20. The van der Waals surface area contributed by atoms with Crippen LogP contribution in [-0.4, -0.2) is 33.4 Å². The molecule has 0 radical (unpaired) electrons. The zero-order valence-corrected chi connectivity index (χ0v) is 17.3. The maximum atomic E-state index is 12.5. The van der Waals surface area contributed by atoms with E-state index in [0.717, 1.165) is 32.1 Å². The Labute approximate surface area is 172 Å². The van der Waals surface area contributed by atoms with Gasteiger partial charge in [-0.05, 0) is 55.6 Å². The predicted octanol–water partition coefficient (Wildman–Crippen LogP) is 2.78. The molecule has 3 atom stereocenters. The first-order chi connectivity index (χ1) is 13.8. The van der Waals surface area contributed by atoms with Crippen molar-refractivity contribution in [2.45, 2.75) is 64.5 Å². The summed E-state index contributed by atoms with van der Waals surface area (Å²) in [7, 11) is 0. The molecule has 29 heavy (non-hydrogen) atoms. The molecule has 3 rings (SSSR count). The van der Waals surface area contributed by atoms with Crippen LogP contribution in [0.1, 0.15) is 56.2 Å². The molecule has 0 spiro atoms. The van der Waals surface area contributed by atoms with Gasteiger partial charge in [0.05, 0.1) is 11.8 Å². The minimum absolute atomic E-state index is 0.0682. The first-order valence-electron chi connectivity index (χ1n) is 10.4. The van der Waals surface area contributed by atoms with Gasteiger partial charge in [0.2, 0.25) is 5.91 Å². The molecule has 0 bridgehead atoms. The molecule has 1 amide bonds. The van der Waals surface area contributed by atoms with Crippen LogP contribution in [0, 0.1) is 12.3 Å². The van der Waals surface area contributed by atoms with Crippen molar-refractivity contribution in [1.29, 1.82) is 0 Å². The third-order valence-electron chi connectivity index (χ3n) is 5.89. The molecule has 156 valence electrons. The number of rotatable bonds is 5. The lowest BCUT2D eigenvalue weighted by molar-refractivity contribution is -0.122. The van der Waals surface area contributed by atoms with Crippen LogP contribution in [0.2, 0.25) is 0 Å². The fraction of sp³-hybridized carbons (Fsp3) is 0.522. The molecule has 2 N–H and O–H groups in total. The van der Waals surface area contributed by atoms with Crippen molar-refractivity contribution >= 4 is 5.91 Å². The van der Waals surface area contributed by atoms with Crippen molar-refractivity contribution in [3.05, 3.63) is 64.1 Å². The van der Waals surface area contributed by atoms with Gasteiger partial charge in [-0.25, -0.2) is 4.68 Å². The summed E-state index contributed by atoms with van der Waals surface area (Å²) in [5.74, 6) is 0.0549. The second-order valence-electron chi connectivity index (χ2n) is 8.65. The number of hydrogen-bond acceptors (Lipinski definition) is 4. The van der Waals surface area contributed by atoms with Gasteiger partial charge in [0.1, 0.15) is 6.54 Å². The zero-order valence-electron chi connectivity index (χ0n) is 17.3. The molecule has 0 saturated heterocycles. The molecule has 0 aliphatic heterocycles. The predicted molar refractivity (Wildman–Crippen MR) is 113 cm³/mol. The average Bonchev–Trinajstić information content (AvgIpc) is 2.68. The molecule has 1 aliphatic carbocycles. The summed E-state index contributed by atoms with van der Waals surface area (Å²) in [6.07, 6.45) is 4.03. The molecule has 0 unspecified atom stereocenters. The number of carbonyl (C=O) groups is 1. The molecular formula is C23H31N3O3. The van der Waals surface area contributed by atoms with Crippen molar-refractivity contribution in [1.82, 2.24) is 15.1 Å². The van der Waals surface area contributed by atoms with Gasteiger partial charge < -0.3 is 10.4 Å². The number of benzene rings is 1. The van der Waals surface area contributed by atoms with Gasteiger partial charge >= 0.3 is 0 Å². The number of carbonyl (C=O) groups excluding carboxylic acids is 1. The number of amides is 1. The van der Waals surface area contributed by atoms with Crippen LogP contribution >= 0.6 is 0 Å². The Bertz CT molecular complexity index is 880. The molecule has 1 aliphatic rings. The normalized spacial score (nSPS) is 25.1. The van der Waals surface area contributed by atoms with Gasteiger partial charge in [-0.2, -0.15) is 5.10 Å². The maximum Gasteiger partial charge on any atom is 0.267 e. The molecule has 1 fully saturated rings. The SMILES string of the molecule is Cc1ccc(=O)n(CC(=O)NC[C@]2(C)CCC[C@@H](O)C[C@H](c3ccccc3)C2)n1. The summed E-state index contributed by atoms with van der Waals surface area (Å²) in [6, 6.07) is 13.4. The Morgan fingerprint density at radius 3 is 2.79 bits per heavy atom. The average molecular weight is 398 g/mol. The van der Waals surface area contributed by atoms with Gasteiger partial charge in [0.25, 0.3) is 5.56 Å². The number of nitrogens with one attached hydrogen (secondary N) is 1. The quantitative estimate of drug-likeness (QED) is 0.813. The van der Waals surface area contributed by atoms with Crippen LogP contribution in [-0.2, 0) is 11.3 Å². The van der Waals surface area contributed by atoms with Crippen molar-refractivity contribution in [3.63, 3.8) is 0 Å². The summed E-state index contributed by atoms with van der Waals surface area (Å²) >= 11 is 0. The lowest BCUT2D eigenvalue weighted by Gasteiger charge is -2.37. The van der Waals surface area contributed by atoms with Gasteiger partial charge in [-0.1, -0.05) is 43.7 Å². The third-order valence-corrected chi connectivity index (χ3v) is 5.89. The molecule has 2 aromatic rings. The Balaban J connectivity index is 1.66. The lowest BCUT2D eigenvalue weighted by Crippen LogP contribution is -2.41. The number of nitrogens with zero attached hydrogens (tertiary/aromatic N) is 2. The van der Waals surface area contributed by atoms with E-state index in [-0.39, 0.29) is 35.4 Å². The van der Waals surface area contributed by atoms with Gasteiger partial charge in [-0.3, -0.25) is 9.59 Å². The first-order valence-corrected chi connectivity index (χ1v) is 10.4. The largest absolute Gasteiger partial charge is 0.393 e. The fourth-order valence-electron chi connectivity index (χ4n) is 4.30. The Morgan fingerprint density at radius 1 is 1.28 bits per heavy atom. The van der Waals surface area contributed by atoms with Crippen molar-refractivity contribution in [3.8, 4) is 0 Å². The summed E-state index contributed by atoms with van der Waals surface area (Å²) in [6.45, 7) is 4.47. The second kappa shape index (κ2) is 9.35. The number of aliphatic hydroxyl groups is 1. The molecule has 1 heterocycles. The molecule has 6 heteroatoms. The Hall–Kier alpha value is -2.47. The monoisotopic (exact) mass is 397 g/mol. The van der Waals surface area contributed by atoms with Crippen LogP contribution < -0.4 is 10.9 Å². The van der Waals surface area contributed by atoms with Crippen molar-refractivity contribution in [2.75, 3.05) is 6.54 Å². The molecule has 1 aromatic heterocycles. The zero-order chi connectivity index (χ0) is 20.9. The minimum Gasteiger partial charge on any atom is -0.393 e. The van der Waals surface area contributed by atoms with Crippen LogP contribution in [0.5, 0.6) is 0 Å². The van der Waals surface area contributed by atoms with E-state index in [4.69, 9.17) is 0 Å². The molecule has 1 aromatic carbocycles. The van der Waals surface area contributed by atoms with Gasteiger partial charge in [-0.15, -0.1) is 0 Å². The van der Waals surface area contributed by atoms with Crippen LogP contribution in [0.25, 0.3) is 0 Å². The highest BCUT2D eigenvalue weighted by Gasteiger charge is 2.32. The number of aromatic nitrogens is 2. The lowest BCUT2D eigenvalue weighted by atomic mass is 9.71. The van der Waals surface area contributed by atoms with E-state index in [1.165, 1.54) is 16.3 Å². The van der Waals surface area contributed by atoms with Gasteiger partial charge in [0.15, 0.2) is 0 Å². The molecule has 6 nitrogen and oxygen atoms in total. The van der Waals surface area contributed by atoms with Crippen LogP contribution in [0.4, 0.5) is 0 Å². The summed E-state index contributed by atoms with van der Waals surface area (Å²) in [5.41, 5.74) is 1.59. The number of aliphatic hydroxyl groups excluding tert-OH is 1. The fourth-order valence-corrected chi connectivity index (χ4v) is 4.30. The maximum absolute atomic E-state index is 12.5. The first kappa shape index (κ1) is 21.2. The molecule has 1 saturated carbocycles. The van der Waals surface area contributed by atoms with Crippen molar-refractivity contribution < 1.29 is 9.90 Å². The van der Waals surface area contributed by atoms with E-state index < -0.39 is 0 Å². The number of hydrogen-bond donors (Lipinski definition) is 2. The van der Waals surface area contributed by atoms with E-state index in [2.05, 4.69) is 29.5 Å². The minimum atomic E-state index is -0.279. The topological polar surface area (TPSA) is 84.2 Å². The third kappa shape index (κ3) is 6.00. The Morgan fingerprint density at radius 2 is 2.03 bits per heavy atom. The van der Waals surface area contributed by atoms with E-state index >= 15 is 0 Å². The second-order valence-corrected chi connectivity index (χ2v) is 8.65. The highest BCUT2D eigenvalue weighted by atomic mass is 16.3. The van der Waals surface area contributed by atoms with Crippen LogP contribution in [0.15, 0.2) is 47.3 Å². The standard InChI is InChI=1S/C23H31N3O3/c1-17-10-11-22(29)26(25-17)15-21(28)24-16-23(2)12-6-9-20(27)13-19(14-23)18-7-4-3-5-8-18/h3-5,7-8,10-11,19-20,27H,6,9,12-16H2,1-2H3,(H,24,28)/t19-,20+,23+/m0/s1. The molecular weight excluding hydrogens is 366 g/mol.